The lowest BCUT2D eigenvalue weighted by Gasteiger charge is -2.09. The number of rotatable bonds is 5. The Bertz CT molecular complexity index is 1390. The van der Waals surface area contributed by atoms with Gasteiger partial charge in [0.25, 0.3) is 5.91 Å². The fraction of sp³-hybridized carbons (Fsp3) is 0.0370. The van der Waals surface area contributed by atoms with Gasteiger partial charge in [-0.25, -0.2) is 0 Å². The van der Waals surface area contributed by atoms with Gasteiger partial charge in [0.2, 0.25) is 0 Å². The summed E-state index contributed by atoms with van der Waals surface area (Å²) in [6, 6.07) is 30.9. The first kappa shape index (κ1) is 19.6. The van der Waals surface area contributed by atoms with Crippen molar-refractivity contribution in [3.05, 3.63) is 108 Å². The molecule has 0 radical (unpaired) electrons. The van der Waals surface area contributed by atoms with Gasteiger partial charge in [-0.15, -0.1) is 0 Å². The van der Waals surface area contributed by atoms with Gasteiger partial charge in [0.05, 0.1) is 0 Å². The Labute approximate surface area is 185 Å². The summed E-state index contributed by atoms with van der Waals surface area (Å²) < 4.78 is 11.3. The number of amides is 1. The minimum atomic E-state index is -0.272. The predicted octanol–water partition coefficient (Wildman–Crippen LogP) is 6.85. The lowest BCUT2D eigenvalue weighted by molar-refractivity contribution is 0.102. The van der Waals surface area contributed by atoms with E-state index in [0.717, 1.165) is 22.1 Å². The molecule has 0 unspecified atom stereocenters. The van der Waals surface area contributed by atoms with Crippen LogP contribution in [-0.4, -0.2) is 11.1 Å². The molecule has 1 amide bonds. The number of carbonyl (C=O) groups excluding carboxylic acids is 1. The van der Waals surface area contributed by atoms with Gasteiger partial charge in [-0.3, -0.25) is 4.79 Å². The molecular weight excluding hydrogens is 400 g/mol. The van der Waals surface area contributed by atoms with Crippen molar-refractivity contribution in [1.82, 2.24) is 5.16 Å². The molecule has 5 aromatic rings. The topological polar surface area (TPSA) is 64.4 Å². The van der Waals surface area contributed by atoms with E-state index in [-0.39, 0.29) is 5.91 Å². The van der Waals surface area contributed by atoms with E-state index in [0.29, 0.717) is 28.5 Å². The largest absolute Gasteiger partial charge is 0.457 e. The summed E-state index contributed by atoms with van der Waals surface area (Å²) in [5.41, 5.74) is 2.43. The molecule has 0 spiro atoms. The summed E-state index contributed by atoms with van der Waals surface area (Å²) in [4.78, 5) is 12.9. The van der Waals surface area contributed by atoms with E-state index in [2.05, 4.69) is 22.6 Å². The van der Waals surface area contributed by atoms with Crippen LogP contribution in [0.4, 0.5) is 5.69 Å². The lowest BCUT2D eigenvalue weighted by Crippen LogP contribution is -2.13. The zero-order valence-corrected chi connectivity index (χ0v) is 17.4. The van der Waals surface area contributed by atoms with Crippen LogP contribution >= 0.6 is 0 Å². The van der Waals surface area contributed by atoms with E-state index >= 15 is 0 Å². The molecule has 5 nitrogen and oxygen atoms in total. The number of aryl methyl sites for hydroxylation is 1. The van der Waals surface area contributed by atoms with Crippen LogP contribution in [0.2, 0.25) is 0 Å². The highest BCUT2D eigenvalue weighted by Crippen LogP contribution is 2.28. The first-order chi connectivity index (χ1) is 15.7. The van der Waals surface area contributed by atoms with Crippen molar-refractivity contribution in [2.45, 2.75) is 6.92 Å². The number of anilines is 1. The summed E-state index contributed by atoms with van der Waals surface area (Å²) in [7, 11) is 0. The third-order valence-electron chi connectivity index (χ3n) is 5.21. The Morgan fingerprint density at radius 1 is 0.812 bits per heavy atom. The second-order valence-corrected chi connectivity index (χ2v) is 7.42. The summed E-state index contributed by atoms with van der Waals surface area (Å²) in [6.45, 7) is 1.73. The molecule has 0 saturated heterocycles. The zero-order valence-electron chi connectivity index (χ0n) is 17.4. The van der Waals surface area contributed by atoms with E-state index in [1.54, 1.807) is 19.1 Å². The van der Waals surface area contributed by atoms with Crippen molar-refractivity contribution < 1.29 is 14.1 Å². The van der Waals surface area contributed by atoms with Gasteiger partial charge in [0, 0.05) is 11.3 Å². The molecule has 0 fully saturated rings. The number of nitrogens with one attached hydrogen (secondary N) is 1. The molecule has 0 atom stereocenters. The number of hydrogen-bond acceptors (Lipinski definition) is 4. The van der Waals surface area contributed by atoms with E-state index in [4.69, 9.17) is 9.26 Å². The van der Waals surface area contributed by atoms with Gasteiger partial charge < -0.3 is 14.6 Å². The molecular formula is C27H20N2O3. The number of ether oxygens (including phenoxy) is 1. The molecule has 5 heteroatoms. The van der Waals surface area contributed by atoms with Crippen LogP contribution in [0.15, 0.2) is 102 Å². The maximum Gasteiger partial charge on any atom is 0.261 e. The predicted molar refractivity (Wildman–Crippen MR) is 125 cm³/mol. The summed E-state index contributed by atoms with van der Waals surface area (Å²) in [5, 5.41) is 9.27. The lowest BCUT2D eigenvalue weighted by atomic mass is 10.1. The summed E-state index contributed by atoms with van der Waals surface area (Å²) in [6.07, 6.45) is 0. The normalized spacial score (nSPS) is 10.8. The monoisotopic (exact) mass is 420 g/mol. The van der Waals surface area contributed by atoms with E-state index in [1.165, 1.54) is 0 Å². The number of fused-ring (bicyclic) bond motifs is 1. The molecule has 0 aliphatic carbocycles. The third-order valence-corrected chi connectivity index (χ3v) is 5.21. The van der Waals surface area contributed by atoms with Crippen LogP contribution in [-0.2, 0) is 0 Å². The molecule has 32 heavy (non-hydrogen) atoms. The van der Waals surface area contributed by atoms with Crippen LogP contribution < -0.4 is 10.1 Å². The Kier molecular flexibility index (Phi) is 5.14. The maximum atomic E-state index is 12.9. The summed E-state index contributed by atoms with van der Waals surface area (Å²) >= 11 is 0. The smallest absolute Gasteiger partial charge is 0.261 e. The Morgan fingerprint density at radius 2 is 1.50 bits per heavy atom. The van der Waals surface area contributed by atoms with Crippen molar-refractivity contribution in [3.8, 4) is 22.8 Å². The van der Waals surface area contributed by atoms with Gasteiger partial charge in [-0.2, -0.15) is 0 Å². The van der Waals surface area contributed by atoms with Crippen LogP contribution in [0.3, 0.4) is 0 Å². The van der Waals surface area contributed by atoms with Crippen LogP contribution in [0.25, 0.3) is 22.0 Å². The average Bonchev–Trinajstić information content (AvgIpc) is 3.22. The molecule has 4 aromatic carbocycles. The van der Waals surface area contributed by atoms with Crippen molar-refractivity contribution >= 4 is 22.4 Å². The molecule has 1 N–H and O–H groups in total. The van der Waals surface area contributed by atoms with E-state index in [1.807, 2.05) is 72.8 Å². The average molecular weight is 420 g/mol. The second-order valence-electron chi connectivity index (χ2n) is 7.42. The minimum absolute atomic E-state index is 0.272. The molecule has 1 heterocycles. The molecule has 1 aromatic heterocycles. The number of benzene rings is 4. The molecule has 0 saturated carbocycles. The highest BCUT2D eigenvalue weighted by Gasteiger charge is 2.21. The third kappa shape index (κ3) is 3.96. The molecule has 5 rings (SSSR count). The van der Waals surface area contributed by atoms with Crippen LogP contribution in [0.5, 0.6) is 11.5 Å². The first-order valence-electron chi connectivity index (χ1n) is 10.3. The van der Waals surface area contributed by atoms with E-state index < -0.39 is 0 Å². The fourth-order valence-electron chi connectivity index (χ4n) is 3.60. The highest BCUT2D eigenvalue weighted by molar-refractivity contribution is 6.08. The second kappa shape index (κ2) is 8.40. The number of hydrogen-bond donors (Lipinski definition) is 1. The Balaban J connectivity index is 1.32. The van der Waals surface area contributed by atoms with Crippen molar-refractivity contribution in [3.63, 3.8) is 0 Å². The Morgan fingerprint density at radius 3 is 2.28 bits per heavy atom. The van der Waals surface area contributed by atoms with Gasteiger partial charge in [-0.1, -0.05) is 65.8 Å². The molecule has 0 aliphatic rings. The molecule has 0 aliphatic heterocycles. The van der Waals surface area contributed by atoms with Gasteiger partial charge in [-0.05, 0) is 54.1 Å². The van der Waals surface area contributed by atoms with Gasteiger partial charge >= 0.3 is 0 Å². The first-order valence-corrected chi connectivity index (χ1v) is 10.3. The summed E-state index contributed by atoms with van der Waals surface area (Å²) in [5.74, 6) is 1.64. The van der Waals surface area contributed by atoms with Crippen molar-refractivity contribution in [2.24, 2.45) is 0 Å². The molecule has 0 bridgehead atoms. The van der Waals surface area contributed by atoms with Crippen molar-refractivity contribution in [1.29, 1.82) is 0 Å². The van der Waals surface area contributed by atoms with E-state index in [9.17, 15) is 4.79 Å². The van der Waals surface area contributed by atoms with Crippen molar-refractivity contribution in [2.75, 3.05) is 5.32 Å². The standard InChI is InChI=1S/C27H20N2O3/c1-18-25(26(29-32-18)20-8-3-2-4-9-20)27(30)28-22-12-15-23(16-13-22)31-24-14-11-19-7-5-6-10-21(19)17-24/h2-17H,1H3,(H,28,30). The number of carbonyl (C=O) groups is 1. The van der Waals surface area contributed by atoms with Crippen LogP contribution in [0.1, 0.15) is 16.1 Å². The molecule has 156 valence electrons. The fourth-order valence-corrected chi connectivity index (χ4v) is 3.60. The zero-order chi connectivity index (χ0) is 21.9. The number of nitrogens with zero attached hydrogens (tertiary/aromatic N) is 1. The minimum Gasteiger partial charge on any atom is -0.457 e. The SMILES string of the molecule is Cc1onc(-c2ccccc2)c1C(=O)Nc1ccc(Oc2ccc3ccccc3c2)cc1. The maximum absolute atomic E-state index is 12.9. The van der Waals surface area contributed by atoms with Gasteiger partial charge in [0.15, 0.2) is 0 Å². The van der Waals surface area contributed by atoms with Gasteiger partial charge in [0.1, 0.15) is 28.5 Å². The van der Waals surface area contributed by atoms with Crippen LogP contribution in [0, 0.1) is 6.92 Å². The number of aromatic nitrogens is 1. The Hall–Kier alpha value is -4.38. The highest BCUT2D eigenvalue weighted by atomic mass is 16.5. The quantitative estimate of drug-likeness (QED) is 0.338.